The Morgan fingerprint density at radius 3 is 1.60 bits per heavy atom. The molecule has 3 N–H and O–H groups in total. The molecule has 0 aromatic heterocycles. The van der Waals surface area contributed by atoms with Crippen molar-refractivity contribution < 1.29 is 27.2 Å². The molecule has 0 aromatic carbocycles. The maximum atomic E-state index is 9.07. The van der Waals surface area contributed by atoms with Gasteiger partial charge in [0.2, 0.25) is 0 Å². The first-order valence-electron chi connectivity index (χ1n) is 0.752. The van der Waals surface area contributed by atoms with E-state index < -0.39 is 16.6 Å². The van der Waals surface area contributed by atoms with E-state index >= 15 is 0 Å². The molecule has 0 saturated carbocycles. The zero-order chi connectivity index (χ0) is 4.50. The molecular formula is H3MoNO3. The fourth-order valence-corrected chi connectivity index (χ4v) is 0. The van der Waals surface area contributed by atoms with Gasteiger partial charge in [0.15, 0.2) is 0 Å². The van der Waals surface area contributed by atoms with E-state index in [0.717, 1.165) is 0 Å². The van der Waals surface area contributed by atoms with Gasteiger partial charge < -0.3 is 0 Å². The van der Waals surface area contributed by atoms with Gasteiger partial charge in [-0.15, -0.1) is 0 Å². The Hall–Kier alpha value is 0.208. The van der Waals surface area contributed by atoms with Crippen LogP contribution >= 0.6 is 0 Å². The van der Waals surface area contributed by atoms with Crippen LogP contribution in [0.1, 0.15) is 0 Å². The Balaban J connectivity index is 4.06. The van der Waals surface area contributed by atoms with E-state index in [1.807, 2.05) is 0 Å². The summed E-state index contributed by atoms with van der Waals surface area (Å²) in [5, 5.41) is 0. The van der Waals surface area contributed by atoms with Crippen LogP contribution in [0, 0.1) is 0 Å². The van der Waals surface area contributed by atoms with Crippen LogP contribution in [0.3, 0.4) is 0 Å². The van der Waals surface area contributed by atoms with Crippen molar-refractivity contribution in [3.05, 3.63) is 0 Å². The molecule has 0 unspecified atom stereocenters. The van der Waals surface area contributed by atoms with Crippen molar-refractivity contribution in [3.8, 4) is 0 Å². The minimum atomic E-state index is -5.02. The van der Waals surface area contributed by atoms with Gasteiger partial charge in [0.05, 0.1) is 0 Å². The van der Waals surface area contributed by atoms with Crippen LogP contribution in [0.25, 0.3) is 0 Å². The Morgan fingerprint density at radius 2 is 1.60 bits per heavy atom. The Kier molecular flexibility index (Phi) is 1.17. The minimum absolute atomic E-state index is 3.99. The van der Waals surface area contributed by atoms with Gasteiger partial charge in [-0.2, -0.15) is 0 Å². The number of nitrogens with two attached hydrogens (primary N) is 1. The van der Waals surface area contributed by atoms with Crippen LogP contribution in [0.5, 0.6) is 0 Å². The predicted octanol–water partition coefficient (Wildman–Crippen LogP) is -1.39. The van der Waals surface area contributed by atoms with Crippen LogP contribution < -0.4 is 4.29 Å². The molecule has 0 amide bonds. The van der Waals surface area contributed by atoms with E-state index in [4.69, 9.17) is 10.6 Å². The first-order chi connectivity index (χ1) is 2.00. The molecule has 0 saturated heterocycles. The molecule has 0 heterocycles. The quantitative estimate of drug-likeness (QED) is 0.428. The van der Waals surface area contributed by atoms with Crippen molar-refractivity contribution in [1.82, 2.24) is 0 Å². The van der Waals surface area contributed by atoms with Gasteiger partial charge in [0.1, 0.15) is 0 Å². The van der Waals surface area contributed by atoms with Gasteiger partial charge in [0, 0.05) is 0 Å². The van der Waals surface area contributed by atoms with E-state index in [0.29, 0.717) is 0 Å². The van der Waals surface area contributed by atoms with E-state index in [1.54, 1.807) is 0 Å². The second-order valence-corrected chi connectivity index (χ2v) is 3.05. The van der Waals surface area contributed by atoms with Crippen LogP contribution in [0.4, 0.5) is 0 Å². The molecule has 0 aliphatic heterocycles. The fraction of sp³-hybridized carbons (Fsp3) is 0. The van der Waals surface area contributed by atoms with Crippen molar-refractivity contribution in [2.24, 2.45) is 4.29 Å². The molecule has 0 aliphatic carbocycles. The summed E-state index contributed by atoms with van der Waals surface area (Å²) in [5.74, 6) is 0. The normalized spacial score (nSPS) is 11.6. The predicted molar refractivity (Wildman–Crippen MR) is 7.78 cm³/mol. The molecule has 0 aliphatic rings. The molecule has 0 atom stereocenters. The molecule has 0 bridgehead atoms. The Morgan fingerprint density at radius 1 is 1.60 bits per heavy atom. The van der Waals surface area contributed by atoms with Crippen molar-refractivity contribution >= 4 is 0 Å². The molecule has 5 heavy (non-hydrogen) atoms. The van der Waals surface area contributed by atoms with E-state index in [-0.39, 0.29) is 0 Å². The average molecular weight is 161 g/mol. The maximum absolute atomic E-state index is 9.07. The zero-order valence-electron chi connectivity index (χ0n) is 2.25. The average Bonchev–Trinajstić information content (AvgIpc) is 0.722. The molecule has 0 fully saturated rings. The SMILES string of the molecule is [NH2][Mo](=[O])(=[O])[OH]. The van der Waals surface area contributed by atoms with Crippen molar-refractivity contribution in [3.63, 3.8) is 0 Å². The summed E-state index contributed by atoms with van der Waals surface area (Å²) in [6.07, 6.45) is 0. The Labute approximate surface area is 32.2 Å². The third-order valence-electron chi connectivity index (χ3n) is 0. The second-order valence-electron chi connectivity index (χ2n) is 0.515. The van der Waals surface area contributed by atoms with Gasteiger partial charge in [-0.05, 0) is 0 Å². The number of hydrogen-bond acceptors (Lipinski definition) is 2. The number of rotatable bonds is 0. The first kappa shape index (κ1) is 5.21. The van der Waals surface area contributed by atoms with Gasteiger partial charge in [0.25, 0.3) is 0 Å². The summed E-state index contributed by atoms with van der Waals surface area (Å²) in [6.45, 7) is 0. The fourth-order valence-electron chi connectivity index (χ4n) is 0. The van der Waals surface area contributed by atoms with Gasteiger partial charge >= 0.3 is 31.5 Å². The topological polar surface area (TPSA) is 80.4 Å². The van der Waals surface area contributed by atoms with E-state index in [1.165, 1.54) is 0 Å². The molecule has 5 heteroatoms. The summed E-state index contributed by atoms with van der Waals surface area (Å²) in [6, 6.07) is 0. The summed E-state index contributed by atoms with van der Waals surface area (Å²) in [4.78, 5) is 0. The van der Waals surface area contributed by atoms with Gasteiger partial charge in [-0.25, -0.2) is 0 Å². The number of hydrogen-bond donors (Lipinski definition) is 2. The summed E-state index contributed by atoms with van der Waals surface area (Å²) >= 11 is -5.02. The van der Waals surface area contributed by atoms with Crippen LogP contribution in [-0.2, 0) is 23.4 Å². The second kappa shape index (κ2) is 1.12. The van der Waals surface area contributed by atoms with Crippen molar-refractivity contribution in [2.75, 3.05) is 0 Å². The third-order valence-corrected chi connectivity index (χ3v) is 0. The summed E-state index contributed by atoms with van der Waals surface area (Å²) in [5.41, 5.74) is 0. The molecule has 32 valence electrons. The first-order valence-corrected chi connectivity index (χ1v) is 4.45. The van der Waals surface area contributed by atoms with Crippen molar-refractivity contribution in [2.45, 2.75) is 0 Å². The summed E-state index contributed by atoms with van der Waals surface area (Å²) < 4.78 is 29.5. The van der Waals surface area contributed by atoms with Crippen LogP contribution in [0.2, 0.25) is 0 Å². The molecular weight excluding hydrogens is 158 g/mol. The third kappa shape index (κ3) is 473. The molecule has 0 radical (unpaired) electrons. The molecule has 0 rings (SSSR count). The molecule has 0 spiro atoms. The standard InChI is InChI=1S/Mo.H2N.H2O.2O/h;2*1H2;;/q+2;-1;;;/p-1. The molecule has 4 nitrogen and oxygen atoms in total. The van der Waals surface area contributed by atoms with E-state index in [9.17, 15) is 0 Å². The van der Waals surface area contributed by atoms with Gasteiger partial charge in [-0.1, -0.05) is 0 Å². The van der Waals surface area contributed by atoms with Crippen LogP contribution in [0.15, 0.2) is 0 Å². The molecule has 0 aromatic rings. The Bertz CT molecular complexity index is 90.1. The van der Waals surface area contributed by atoms with Crippen LogP contribution in [-0.4, -0.2) is 3.76 Å². The van der Waals surface area contributed by atoms with Crippen molar-refractivity contribution in [1.29, 1.82) is 0 Å². The zero-order valence-corrected chi connectivity index (χ0v) is 4.26. The summed E-state index contributed by atoms with van der Waals surface area (Å²) in [7, 11) is 0. The monoisotopic (exact) mass is 163 g/mol. The van der Waals surface area contributed by atoms with Gasteiger partial charge in [-0.3, -0.25) is 0 Å². The van der Waals surface area contributed by atoms with E-state index in [2.05, 4.69) is 4.29 Å².